The molecule has 4 heteroatoms. The first kappa shape index (κ1) is 23.8. The number of hydrogen-bond acceptors (Lipinski definition) is 2. The topological polar surface area (TPSA) is 24.7 Å². The first-order valence-electron chi connectivity index (χ1n) is 10.6. The zero-order valence-corrected chi connectivity index (χ0v) is 23.0. The monoisotopic (exact) mass is 603 g/mol. The van der Waals surface area contributed by atoms with E-state index in [0.29, 0.717) is 0 Å². The van der Waals surface area contributed by atoms with Crippen molar-refractivity contribution in [1.82, 2.24) is 0 Å². The minimum atomic E-state index is -2.65. The maximum absolute atomic E-state index is 5.29. The summed E-state index contributed by atoms with van der Waals surface area (Å²) < 4.78 is 14.8. The third-order valence-electron chi connectivity index (χ3n) is 4.30. The van der Waals surface area contributed by atoms with Gasteiger partial charge in [-0.1, -0.05) is 0 Å². The van der Waals surface area contributed by atoms with Gasteiger partial charge < -0.3 is 0 Å². The van der Waals surface area contributed by atoms with Crippen LogP contribution in [0.2, 0.25) is 0 Å². The molecular formula is C27H33N2PRe. The molecule has 0 heterocycles. The molecule has 31 heavy (non-hydrogen) atoms. The summed E-state index contributed by atoms with van der Waals surface area (Å²) in [5.74, 6) is 0. The van der Waals surface area contributed by atoms with Crippen LogP contribution in [-0.4, -0.2) is 14.9 Å². The van der Waals surface area contributed by atoms with Gasteiger partial charge in [-0.25, -0.2) is 0 Å². The third-order valence-corrected chi connectivity index (χ3v) is 17.1. The maximum atomic E-state index is 5.29. The van der Waals surface area contributed by atoms with Crippen LogP contribution in [0.15, 0.2) is 98.1 Å². The van der Waals surface area contributed by atoms with E-state index >= 15 is 0 Å². The molecule has 163 valence electrons. The van der Waals surface area contributed by atoms with Crippen molar-refractivity contribution in [1.29, 1.82) is 0 Å². The molecule has 0 aliphatic carbocycles. The Balaban J connectivity index is 2.72. The number of hydrogen-bond donors (Lipinski definition) is 0. The summed E-state index contributed by atoms with van der Waals surface area (Å²) in [5.41, 5.74) is -0.268. The summed E-state index contributed by atoms with van der Waals surface area (Å²) in [6.07, 6.45) is 0. The van der Waals surface area contributed by atoms with Crippen LogP contribution in [0, 0.1) is 0 Å². The van der Waals surface area contributed by atoms with Crippen LogP contribution < -0.4 is 15.9 Å². The van der Waals surface area contributed by atoms with Gasteiger partial charge in [0.05, 0.1) is 0 Å². The summed E-state index contributed by atoms with van der Waals surface area (Å²) in [4.78, 5) is 0. The Kier molecular flexibility index (Phi) is 7.47. The standard InChI is InChI=1S/C19H15P.2C4H9N.Re/c1-20(17-11-5-2-6-12-17,18-13-7-3-8-14-18)19-15-9-4-10-16-19;2*1-4(2,3)5;/h2-16H;2*1-3H3;. The zero-order valence-electron chi connectivity index (χ0n) is 19.4. The van der Waals surface area contributed by atoms with Crippen molar-refractivity contribution in [3.8, 4) is 0 Å². The zero-order chi connectivity index (χ0) is 22.5. The molecule has 2 nitrogen and oxygen atoms in total. The summed E-state index contributed by atoms with van der Waals surface area (Å²) in [7, 11) is 0. The summed E-state index contributed by atoms with van der Waals surface area (Å²) in [5, 5.41) is 3.95. The molecule has 0 spiro atoms. The van der Waals surface area contributed by atoms with Gasteiger partial charge in [0.2, 0.25) is 0 Å². The van der Waals surface area contributed by atoms with E-state index in [1.54, 1.807) is 0 Å². The second kappa shape index (κ2) is 9.73. The molecule has 0 aliphatic heterocycles. The Labute approximate surface area is 192 Å². The molecule has 0 unspecified atom stereocenters. The molecule has 0 amide bonds. The Hall–Kier alpha value is -1.87. The first-order valence-corrected chi connectivity index (χ1v) is 16.2. The van der Waals surface area contributed by atoms with Crippen molar-refractivity contribution in [3.05, 3.63) is 91.0 Å². The number of benzene rings is 3. The fourth-order valence-corrected chi connectivity index (χ4v) is 16.5. The van der Waals surface area contributed by atoms with E-state index in [-0.39, 0.29) is 11.1 Å². The normalized spacial score (nSPS) is 12.1. The Morgan fingerprint density at radius 3 is 1.10 bits per heavy atom. The van der Waals surface area contributed by atoms with Crippen molar-refractivity contribution in [2.24, 2.45) is 7.14 Å². The van der Waals surface area contributed by atoms with Gasteiger partial charge in [-0.15, -0.1) is 0 Å². The molecule has 0 saturated carbocycles. The van der Waals surface area contributed by atoms with Crippen LogP contribution >= 0.6 is 6.89 Å². The Bertz CT molecular complexity index is 1100. The number of rotatable bonds is 3. The first-order chi connectivity index (χ1) is 14.6. The van der Waals surface area contributed by atoms with Crippen LogP contribution in [-0.2, 0) is 15.9 Å². The van der Waals surface area contributed by atoms with Crippen molar-refractivity contribution in [2.45, 2.75) is 52.6 Å². The average Bonchev–Trinajstić information content (AvgIpc) is 2.71. The molecular weight excluding hydrogens is 569 g/mol. The average molecular weight is 603 g/mol. The van der Waals surface area contributed by atoms with E-state index < -0.39 is 22.8 Å². The van der Waals surface area contributed by atoms with Gasteiger partial charge in [-0.05, 0) is 0 Å². The van der Waals surface area contributed by atoms with Crippen LogP contribution in [0.3, 0.4) is 0 Å². The molecule has 0 aliphatic rings. The fourth-order valence-electron chi connectivity index (χ4n) is 3.20. The minimum absolute atomic E-state index is 0.134. The number of nitrogens with zero attached hydrogens (tertiary/aromatic N) is 2. The molecule has 0 bridgehead atoms. The third kappa shape index (κ3) is 6.32. The van der Waals surface area contributed by atoms with E-state index in [0.717, 1.165) is 0 Å². The van der Waals surface area contributed by atoms with Crippen LogP contribution in [0.4, 0.5) is 0 Å². The summed E-state index contributed by atoms with van der Waals surface area (Å²) in [6.45, 7) is 10.9. The van der Waals surface area contributed by atoms with E-state index in [2.05, 4.69) is 136 Å². The van der Waals surface area contributed by atoms with E-state index in [9.17, 15) is 0 Å². The van der Waals surface area contributed by atoms with Crippen LogP contribution in [0.25, 0.3) is 0 Å². The van der Waals surface area contributed by atoms with Gasteiger partial charge in [-0.2, -0.15) is 0 Å². The van der Waals surface area contributed by atoms with Gasteiger partial charge in [0.1, 0.15) is 0 Å². The van der Waals surface area contributed by atoms with Gasteiger partial charge in [-0.3, -0.25) is 0 Å². The van der Waals surface area contributed by atoms with Crippen LogP contribution in [0.1, 0.15) is 41.5 Å². The van der Waals surface area contributed by atoms with Crippen molar-refractivity contribution < 1.29 is 15.9 Å². The van der Waals surface area contributed by atoms with E-state index in [1.807, 2.05) is 0 Å². The molecule has 3 aromatic rings. The molecule has 0 aromatic heterocycles. The van der Waals surface area contributed by atoms with Crippen molar-refractivity contribution >= 4 is 26.7 Å². The van der Waals surface area contributed by atoms with E-state index in [4.69, 9.17) is 7.14 Å². The summed E-state index contributed by atoms with van der Waals surface area (Å²) >= 11 is -2.65. The second-order valence-electron chi connectivity index (χ2n) is 9.52. The predicted molar refractivity (Wildman–Crippen MR) is 135 cm³/mol. The van der Waals surface area contributed by atoms with Gasteiger partial charge in [0, 0.05) is 0 Å². The summed E-state index contributed by atoms with van der Waals surface area (Å²) in [6, 6.07) is 32.7. The molecule has 0 saturated heterocycles. The van der Waals surface area contributed by atoms with E-state index in [1.165, 1.54) is 15.9 Å². The Morgan fingerprint density at radius 1 is 0.548 bits per heavy atom. The van der Waals surface area contributed by atoms with Gasteiger partial charge in [0.15, 0.2) is 0 Å². The second-order valence-corrected chi connectivity index (χ2v) is 17.4. The molecule has 0 radical (unpaired) electrons. The molecule has 3 aromatic carbocycles. The predicted octanol–water partition coefficient (Wildman–Crippen LogP) is 6.20. The van der Waals surface area contributed by atoms with Crippen molar-refractivity contribution in [3.63, 3.8) is 0 Å². The van der Waals surface area contributed by atoms with Gasteiger partial charge in [0.25, 0.3) is 0 Å². The fraction of sp³-hybridized carbons (Fsp3) is 0.296. The molecule has 0 fully saturated rings. The quantitative estimate of drug-likeness (QED) is 0.319. The molecule has 3 rings (SSSR count). The molecule has 0 atom stereocenters. The molecule has 0 N–H and O–H groups in total. The van der Waals surface area contributed by atoms with Gasteiger partial charge >= 0.3 is 193 Å². The SMILES string of the molecule is CC(C)(C)[N]=[Re](=[C]=P(c1ccccc1)(c1ccccc1)c1ccccc1)=[N]C(C)(C)C. The van der Waals surface area contributed by atoms with Crippen LogP contribution in [0.5, 0.6) is 0 Å². The Morgan fingerprint density at radius 2 is 0.839 bits per heavy atom. The van der Waals surface area contributed by atoms with Crippen molar-refractivity contribution in [2.75, 3.05) is 0 Å².